The fourth-order valence-corrected chi connectivity index (χ4v) is 4.75. The molecule has 0 radical (unpaired) electrons. The van der Waals surface area contributed by atoms with Crippen molar-refractivity contribution >= 4 is 29.3 Å². The highest BCUT2D eigenvalue weighted by Gasteiger charge is 2.70. The number of hydrogen-bond donors (Lipinski definition) is 3. The number of anilines is 1. The number of carbonyl (C=O) groups is 4. The lowest BCUT2D eigenvalue weighted by molar-refractivity contribution is -0.142. The highest BCUT2D eigenvalue weighted by molar-refractivity contribution is 6.15. The lowest BCUT2D eigenvalue weighted by atomic mass is 9.76. The molecule has 4 atom stereocenters. The lowest BCUT2D eigenvalue weighted by Crippen LogP contribution is -2.53. The maximum atomic E-state index is 13.2. The molecule has 4 amide bonds. The summed E-state index contributed by atoms with van der Waals surface area (Å²) in [5.74, 6) is -3.30. The van der Waals surface area contributed by atoms with Gasteiger partial charge in [0.1, 0.15) is 5.54 Å². The zero-order chi connectivity index (χ0) is 19.3. The molecule has 2 fully saturated rings. The molecule has 142 valence electrons. The number of primary amides is 1. The van der Waals surface area contributed by atoms with Crippen molar-refractivity contribution in [1.29, 1.82) is 0 Å². The zero-order valence-electron chi connectivity index (χ0n) is 15.0. The number of imide groups is 1. The first-order valence-electron chi connectivity index (χ1n) is 9.24. The summed E-state index contributed by atoms with van der Waals surface area (Å²) < 4.78 is 0. The zero-order valence-corrected chi connectivity index (χ0v) is 15.0. The van der Waals surface area contributed by atoms with E-state index in [1.807, 2.05) is 6.92 Å². The van der Waals surface area contributed by atoms with Crippen molar-refractivity contribution in [3.05, 3.63) is 29.8 Å². The van der Waals surface area contributed by atoms with E-state index in [0.717, 1.165) is 6.42 Å². The van der Waals surface area contributed by atoms with Crippen LogP contribution in [0.5, 0.6) is 0 Å². The Kier molecular flexibility index (Phi) is 4.03. The molecule has 4 N–H and O–H groups in total. The fraction of sp³-hybridized carbons (Fsp3) is 0.474. The molecule has 8 heteroatoms. The summed E-state index contributed by atoms with van der Waals surface area (Å²) in [5, 5.41) is 5.97. The summed E-state index contributed by atoms with van der Waals surface area (Å²) in [5.41, 5.74) is 5.27. The quantitative estimate of drug-likeness (QED) is 0.634. The Morgan fingerprint density at radius 1 is 1.22 bits per heavy atom. The predicted molar refractivity (Wildman–Crippen MR) is 96.1 cm³/mol. The molecule has 1 aromatic carbocycles. The van der Waals surface area contributed by atoms with Gasteiger partial charge in [-0.15, -0.1) is 0 Å². The average molecular weight is 370 g/mol. The van der Waals surface area contributed by atoms with Crippen LogP contribution in [0, 0.1) is 11.8 Å². The fourth-order valence-electron chi connectivity index (χ4n) is 4.75. The van der Waals surface area contributed by atoms with Crippen molar-refractivity contribution in [2.24, 2.45) is 17.6 Å². The van der Waals surface area contributed by atoms with Crippen LogP contribution in [0.25, 0.3) is 0 Å². The highest BCUT2D eigenvalue weighted by Crippen LogP contribution is 2.53. The molecule has 1 spiro atoms. The summed E-state index contributed by atoms with van der Waals surface area (Å²) in [6.45, 7) is 2.30. The van der Waals surface area contributed by atoms with Gasteiger partial charge >= 0.3 is 0 Å². The minimum atomic E-state index is -1.35. The largest absolute Gasteiger partial charge is 0.370 e. The molecule has 0 unspecified atom stereocenters. The van der Waals surface area contributed by atoms with Gasteiger partial charge in [-0.3, -0.25) is 29.4 Å². The number of carbonyl (C=O) groups excluding carboxylic acids is 4. The minimum Gasteiger partial charge on any atom is -0.370 e. The number of unbranched alkanes of at least 4 members (excludes halogenated alkanes) is 1. The van der Waals surface area contributed by atoms with E-state index in [2.05, 4.69) is 10.6 Å². The molecule has 2 saturated heterocycles. The Labute approximate surface area is 156 Å². The van der Waals surface area contributed by atoms with E-state index in [4.69, 9.17) is 5.73 Å². The number of fused-ring (bicyclic) bond motifs is 4. The van der Waals surface area contributed by atoms with Gasteiger partial charge in [0.25, 0.3) is 0 Å². The molecule has 3 aliphatic rings. The Bertz CT molecular complexity index is 854. The van der Waals surface area contributed by atoms with Crippen molar-refractivity contribution in [2.45, 2.75) is 37.8 Å². The topological polar surface area (TPSA) is 122 Å². The summed E-state index contributed by atoms with van der Waals surface area (Å²) in [6, 6.07) is 6.45. The number of nitrogens with two attached hydrogens (primary N) is 1. The van der Waals surface area contributed by atoms with Crippen molar-refractivity contribution < 1.29 is 19.2 Å². The standard InChI is InChI=1S/C19H22N4O4/c1-2-3-8-23-16(25)14-12(9-13(20)24)22-19(15(14)17(23)26)10-6-4-5-7-11(10)21-18(19)27/h4-7,12,14-15,22H,2-3,8-9H2,1H3,(H2,20,24)(H,21,27)/t12-,14-,15+,19+/m1/s1. The Morgan fingerprint density at radius 2 is 1.96 bits per heavy atom. The van der Waals surface area contributed by atoms with Gasteiger partial charge in [-0.2, -0.15) is 0 Å². The molecular weight excluding hydrogens is 348 g/mol. The molecule has 0 aromatic heterocycles. The van der Waals surface area contributed by atoms with Gasteiger partial charge in [-0.25, -0.2) is 0 Å². The maximum absolute atomic E-state index is 13.2. The van der Waals surface area contributed by atoms with Gasteiger partial charge in [-0.1, -0.05) is 31.5 Å². The van der Waals surface area contributed by atoms with Crippen molar-refractivity contribution in [3.63, 3.8) is 0 Å². The molecule has 0 saturated carbocycles. The van der Waals surface area contributed by atoms with Gasteiger partial charge in [0.05, 0.1) is 11.8 Å². The van der Waals surface area contributed by atoms with Crippen LogP contribution in [-0.4, -0.2) is 41.1 Å². The first kappa shape index (κ1) is 17.7. The van der Waals surface area contributed by atoms with Gasteiger partial charge < -0.3 is 11.1 Å². The Morgan fingerprint density at radius 3 is 2.67 bits per heavy atom. The third-order valence-electron chi connectivity index (χ3n) is 5.87. The van der Waals surface area contributed by atoms with E-state index in [0.29, 0.717) is 24.2 Å². The number of nitrogens with one attached hydrogen (secondary N) is 2. The van der Waals surface area contributed by atoms with Crippen LogP contribution < -0.4 is 16.4 Å². The van der Waals surface area contributed by atoms with E-state index in [1.165, 1.54) is 4.90 Å². The third-order valence-corrected chi connectivity index (χ3v) is 5.87. The van der Waals surface area contributed by atoms with E-state index >= 15 is 0 Å². The number of amides is 4. The van der Waals surface area contributed by atoms with Crippen LogP contribution in [-0.2, 0) is 24.7 Å². The molecule has 0 aliphatic carbocycles. The smallest absolute Gasteiger partial charge is 0.250 e. The Balaban J connectivity index is 1.83. The summed E-state index contributed by atoms with van der Waals surface area (Å²) in [4.78, 5) is 52.1. The van der Waals surface area contributed by atoms with E-state index in [-0.39, 0.29) is 24.1 Å². The minimum absolute atomic E-state index is 0.112. The van der Waals surface area contributed by atoms with Crippen molar-refractivity contribution in [3.8, 4) is 0 Å². The van der Waals surface area contributed by atoms with Crippen LogP contribution in [0.1, 0.15) is 31.7 Å². The van der Waals surface area contributed by atoms with Crippen LogP contribution in [0.2, 0.25) is 0 Å². The maximum Gasteiger partial charge on any atom is 0.250 e. The van der Waals surface area contributed by atoms with Gasteiger partial charge in [-0.05, 0) is 12.5 Å². The summed E-state index contributed by atoms with van der Waals surface area (Å²) >= 11 is 0. The van der Waals surface area contributed by atoms with Crippen molar-refractivity contribution in [2.75, 3.05) is 11.9 Å². The molecule has 0 bridgehead atoms. The number of likely N-dealkylation sites (tertiary alicyclic amines) is 1. The first-order valence-corrected chi connectivity index (χ1v) is 9.24. The lowest BCUT2D eigenvalue weighted by Gasteiger charge is -2.29. The first-order chi connectivity index (χ1) is 12.9. The third kappa shape index (κ3) is 2.32. The molecule has 8 nitrogen and oxygen atoms in total. The molecule has 3 aliphatic heterocycles. The summed E-state index contributed by atoms with van der Waals surface area (Å²) in [6.07, 6.45) is 1.42. The van der Waals surface area contributed by atoms with Gasteiger partial charge in [0, 0.05) is 30.3 Å². The van der Waals surface area contributed by atoms with E-state index < -0.39 is 29.3 Å². The number of nitrogens with zero attached hydrogens (tertiary/aromatic N) is 1. The SMILES string of the molecule is CCCCN1C(=O)[C@H]2[C@@H](C1=O)[C@]1(N[C@@H]2CC(N)=O)C(=O)Nc2ccccc21. The monoisotopic (exact) mass is 370 g/mol. The molecular formula is C19H22N4O4. The molecule has 4 rings (SSSR count). The second-order valence-electron chi connectivity index (χ2n) is 7.41. The van der Waals surface area contributed by atoms with Gasteiger partial charge in [0.15, 0.2) is 0 Å². The Hall–Kier alpha value is -2.74. The normalized spacial score (nSPS) is 31.4. The van der Waals surface area contributed by atoms with E-state index in [1.54, 1.807) is 24.3 Å². The second-order valence-corrected chi connectivity index (χ2v) is 7.41. The van der Waals surface area contributed by atoms with E-state index in [9.17, 15) is 19.2 Å². The van der Waals surface area contributed by atoms with Crippen LogP contribution in [0.4, 0.5) is 5.69 Å². The molecule has 27 heavy (non-hydrogen) atoms. The second kappa shape index (κ2) is 6.16. The van der Waals surface area contributed by atoms with Crippen molar-refractivity contribution in [1.82, 2.24) is 10.2 Å². The molecule has 1 aromatic rings. The van der Waals surface area contributed by atoms with Gasteiger partial charge in [0.2, 0.25) is 23.6 Å². The van der Waals surface area contributed by atoms with Crippen LogP contribution >= 0.6 is 0 Å². The number of rotatable bonds is 5. The number of benzene rings is 1. The van der Waals surface area contributed by atoms with Crippen LogP contribution in [0.15, 0.2) is 24.3 Å². The predicted octanol–water partition coefficient (Wildman–Crippen LogP) is 0.0825. The average Bonchev–Trinajstić information content (AvgIpc) is 3.19. The molecule has 3 heterocycles. The highest BCUT2D eigenvalue weighted by atomic mass is 16.2. The number of para-hydroxylation sites is 1. The van der Waals surface area contributed by atoms with Crippen LogP contribution in [0.3, 0.4) is 0 Å². The summed E-state index contributed by atoms with van der Waals surface area (Å²) in [7, 11) is 0. The number of hydrogen-bond acceptors (Lipinski definition) is 5.